The lowest BCUT2D eigenvalue weighted by atomic mass is 9.77. The van der Waals surface area contributed by atoms with E-state index in [1.54, 1.807) is 0 Å². The van der Waals surface area contributed by atoms with Gasteiger partial charge in [-0.2, -0.15) is 0 Å². The summed E-state index contributed by atoms with van der Waals surface area (Å²) in [5.74, 6) is 0.582. The summed E-state index contributed by atoms with van der Waals surface area (Å²) in [5, 5.41) is 6.80. The maximum atomic E-state index is 14.3. The molecule has 0 bridgehead atoms. The summed E-state index contributed by atoms with van der Waals surface area (Å²) in [6, 6.07) is 1.42. The van der Waals surface area contributed by atoms with Crippen LogP contribution in [0.2, 0.25) is 0 Å². The molecule has 8 atom stereocenters. The number of alkyl halides is 1. The van der Waals surface area contributed by atoms with Crippen LogP contribution in [-0.4, -0.2) is 79.3 Å². The van der Waals surface area contributed by atoms with Gasteiger partial charge in [0.05, 0.1) is 6.04 Å². The Morgan fingerprint density at radius 3 is 2.68 bits per heavy atom. The second kappa shape index (κ2) is 8.57. The van der Waals surface area contributed by atoms with Crippen molar-refractivity contribution in [1.29, 1.82) is 0 Å². The van der Waals surface area contributed by atoms with Gasteiger partial charge in [-0.1, -0.05) is 6.92 Å². The van der Waals surface area contributed by atoms with Crippen LogP contribution < -0.4 is 10.6 Å². The summed E-state index contributed by atoms with van der Waals surface area (Å²) in [5.41, 5.74) is 0. The van der Waals surface area contributed by atoms with Crippen molar-refractivity contribution < 1.29 is 9.18 Å². The van der Waals surface area contributed by atoms with E-state index in [0.29, 0.717) is 30.8 Å². The van der Waals surface area contributed by atoms with Gasteiger partial charge in [0.25, 0.3) is 0 Å². The highest BCUT2D eigenvalue weighted by Gasteiger charge is 2.46. The average molecular weight is 395 g/mol. The van der Waals surface area contributed by atoms with E-state index >= 15 is 0 Å². The van der Waals surface area contributed by atoms with E-state index in [4.69, 9.17) is 0 Å². The van der Waals surface area contributed by atoms with Crippen LogP contribution in [0.5, 0.6) is 0 Å². The number of carbonyl (C=O) groups is 1. The Morgan fingerprint density at radius 1 is 1.14 bits per heavy atom. The fraction of sp³-hybridized carbons (Fsp3) is 0.955. The van der Waals surface area contributed by atoms with Crippen molar-refractivity contribution in [3.8, 4) is 0 Å². The molecule has 4 fully saturated rings. The van der Waals surface area contributed by atoms with Gasteiger partial charge in [0.2, 0.25) is 5.91 Å². The first kappa shape index (κ1) is 20.5. The third-order valence-electron chi connectivity index (χ3n) is 8.17. The molecule has 0 aromatic carbocycles. The van der Waals surface area contributed by atoms with Gasteiger partial charge >= 0.3 is 0 Å². The molecule has 4 rings (SSSR count). The Hall–Kier alpha value is -0.720. The maximum absolute atomic E-state index is 14.3. The zero-order chi connectivity index (χ0) is 19.8. The van der Waals surface area contributed by atoms with Gasteiger partial charge in [-0.05, 0) is 77.9 Å². The first-order chi connectivity index (χ1) is 13.4. The molecule has 0 spiro atoms. The number of likely N-dealkylation sites (tertiary alicyclic amines) is 1. The van der Waals surface area contributed by atoms with Crippen molar-refractivity contribution in [1.82, 2.24) is 20.4 Å². The lowest BCUT2D eigenvalue weighted by Crippen LogP contribution is -2.52. The molecule has 2 N–H and O–H groups in total. The zero-order valence-corrected chi connectivity index (χ0v) is 17.9. The molecule has 5 nitrogen and oxygen atoms in total. The van der Waals surface area contributed by atoms with E-state index in [2.05, 4.69) is 41.5 Å². The van der Waals surface area contributed by atoms with Crippen molar-refractivity contribution in [3.05, 3.63) is 0 Å². The van der Waals surface area contributed by atoms with Crippen LogP contribution in [0.4, 0.5) is 4.39 Å². The second-order valence-corrected chi connectivity index (χ2v) is 10.1. The molecule has 2 aliphatic carbocycles. The quantitative estimate of drug-likeness (QED) is 0.767. The van der Waals surface area contributed by atoms with Gasteiger partial charge in [0.15, 0.2) is 0 Å². The van der Waals surface area contributed by atoms with Crippen molar-refractivity contribution in [2.24, 2.45) is 11.8 Å². The van der Waals surface area contributed by atoms with E-state index in [0.717, 1.165) is 25.8 Å². The molecule has 4 aliphatic rings. The highest BCUT2D eigenvalue weighted by Crippen LogP contribution is 2.38. The second-order valence-electron chi connectivity index (χ2n) is 10.1. The average Bonchev–Trinajstić information content (AvgIpc) is 3.32. The number of likely N-dealkylation sites (N-methyl/N-ethyl adjacent to an activating group) is 2. The van der Waals surface area contributed by atoms with E-state index in [1.807, 2.05) is 0 Å². The Labute approximate surface area is 169 Å². The molecular formula is C22H39FN4O. The lowest BCUT2D eigenvalue weighted by molar-refractivity contribution is -0.124. The molecule has 0 radical (unpaired) electrons. The van der Waals surface area contributed by atoms with Crippen LogP contribution in [0.15, 0.2) is 0 Å². The van der Waals surface area contributed by atoms with E-state index < -0.39 is 6.17 Å². The van der Waals surface area contributed by atoms with Crippen LogP contribution in [0, 0.1) is 11.8 Å². The molecule has 160 valence electrons. The van der Waals surface area contributed by atoms with Crippen LogP contribution in [-0.2, 0) is 4.79 Å². The van der Waals surface area contributed by atoms with E-state index in [-0.39, 0.29) is 30.0 Å². The van der Waals surface area contributed by atoms with Crippen molar-refractivity contribution in [3.63, 3.8) is 0 Å². The molecule has 8 unspecified atom stereocenters. The fourth-order valence-electron chi connectivity index (χ4n) is 6.31. The minimum Gasteiger partial charge on any atom is -0.352 e. The molecule has 1 amide bonds. The molecule has 0 aromatic heterocycles. The first-order valence-electron chi connectivity index (χ1n) is 11.5. The monoisotopic (exact) mass is 394 g/mol. The van der Waals surface area contributed by atoms with Gasteiger partial charge < -0.3 is 15.5 Å². The molecule has 2 saturated heterocycles. The molecule has 28 heavy (non-hydrogen) atoms. The Bertz CT molecular complexity index is 543. The SMILES string of the molecule is CC1CCC(F)C2CC(C(=O)NC3CCCC(N(C)C4CCN(C)C4)C3)NC12. The predicted octanol–water partition coefficient (Wildman–Crippen LogP) is 2.16. The lowest BCUT2D eigenvalue weighted by Gasteiger charge is -2.39. The zero-order valence-electron chi connectivity index (χ0n) is 17.9. The number of fused-ring (bicyclic) bond motifs is 1. The number of halogens is 1. The van der Waals surface area contributed by atoms with E-state index in [9.17, 15) is 9.18 Å². The number of nitrogens with zero attached hydrogens (tertiary/aromatic N) is 2. The summed E-state index contributed by atoms with van der Waals surface area (Å²) >= 11 is 0. The number of rotatable bonds is 4. The summed E-state index contributed by atoms with van der Waals surface area (Å²) < 4.78 is 14.3. The number of nitrogens with one attached hydrogen (secondary N) is 2. The molecule has 0 aromatic rings. The van der Waals surface area contributed by atoms with Crippen LogP contribution >= 0.6 is 0 Å². The standard InChI is InChI=1S/C22H39FN4O/c1-14-7-8-19(23)18-12-20(25-21(14)18)22(28)24-15-5-4-6-16(11-15)27(3)17-9-10-26(2)13-17/h14-21,25H,4-13H2,1-3H3,(H,24,28). The Balaban J connectivity index is 1.30. The predicted molar refractivity (Wildman–Crippen MR) is 110 cm³/mol. The third-order valence-corrected chi connectivity index (χ3v) is 8.17. The molecule has 2 saturated carbocycles. The highest BCUT2D eigenvalue weighted by molar-refractivity contribution is 5.82. The molecule has 2 aliphatic heterocycles. The van der Waals surface area contributed by atoms with Crippen molar-refractivity contribution in [2.45, 2.75) is 94.7 Å². The number of hydrogen-bond donors (Lipinski definition) is 2. The van der Waals surface area contributed by atoms with Gasteiger partial charge in [0.1, 0.15) is 6.17 Å². The minimum atomic E-state index is -0.747. The van der Waals surface area contributed by atoms with E-state index in [1.165, 1.54) is 25.8 Å². The van der Waals surface area contributed by atoms with Crippen molar-refractivity contribution >= 4 is 5.91 Å². The van der Waals surface area contributed by atoms with Crippen LogP contribution in [0.1, 0.15) is 58.3 Å². The van der Waals surface area contributed by atoms with Gasteiger partial charge in [-0.15, -0.1) is 0 Å². The number of amides is 1. The first-order valence-corrected chi connectivity index (χ1v) is 11.5. The van der Waals surface area contributed by atoms with Crippen molar-refractivity contribution in [2.75, 3.05) is 27.2 Å². The number of carbonyl (C=O) groups excluding carboxylic acids is 1. The Kier molecular flexibility index (Phi) is 6.29. The van der Waals surface area contributed by atoms with Gasteiger partial charge in [-0.25, -0.2) is 4.39 Å². The summed E-state index contributed by atoms with van der Waals surface area (Å²) in [6.07, 6.45) is 7.27. The maximum Gasteiger partial charge on any atom is 0.237 e. The largest absolute Gasteiger partial charge is 0.352 e. The van der Waals surface area contributed by atoms with Gasteiger partial charge in [-0.3, -0.25) is 9.69 Å². The molecule has 2 heterocycles. The summed E-state index contributed by atoms with van der Waals surface area (Å²) in [4.78, 5) is 17.9. The molecule has 6 heteroatoms. The Morgan fingerprint density at radius 2 is 1.96 bits per heavy atom. The minimum absolute atomic E-state index is 0.0177. The summed E-state index contributed by atoms with van der Waals surface area (Å²) in [6.45, 7) is 4.53. The normalized spacial score (nSPS) is 44.6. The van der Waals surface area contributed by atoms with Crippen LogP contribution in [0.25, 0.3) is 0 Å². The molecular weight excluding hydrogens is 355 g/mol. The van der Waals surface area contributed by atoms with Gasteiger partial charge in [0, 0.05) is 36.6 Å². The third kappa shape index (κ3) is 4.24. The smallest absolute Gasteiger partial charge is 0.237 e. The van der Waals surface area contributed by atoms with Crippen LogP contribution in [0.3, 0.4) is 0 Å². The summed E-state index contributed by atoms with van der Waals surface area (Å²) in [7, 11) is 4.47. The highest BCUT2D eigenvalue weighted by atomic mass is 19.1. The topological polar surface area (TPSA) is 47.6 Å². The number of hydrogen-bond acceptors (Lipinski definition) is 4. The fourth-order valence-corrected chi connectivity index (χ4v) is 6.31.